The van der Waals surface area contributed by atoms with Crippen LogP contribution in [0.1, 0.15) is 37.0 Å². The van der Waals surface area contributed by atoms with E-state index in [0.717, 1.165) is 40.9 Å². The quantitative estimate of drug-likeness (QED) is 0.443. The van der Waals surface area contributed by atoms with Crippen LogP contribution in [0, 0.1) is 0 Å². The maximum atomic E-state index is 13.3. The van der Waals surface area contributed by atoms with Crippen LogP contribution in [-0.4, -0.2) is 68.9 Å². The first-order chi connectivity index (χ1) is 17.2. The van der Waals surface area contributed by atoms with Crippen molar-refractivity contribution in [3.05, 3.63) is 42.1 Å². The van der Waals surface area contributed by atoms with Crippen molar-refractivity contribution in [1.29, 1.82) is 0 Å². The number of imidazole rings is 1. The van der Waals surface area contributed by atoms with Gasteiger partial charge in [0, 0.05) is 50.4 Å². The number of carbonyl (C=O) groups is 1. The molecule has 36 heavy (non-hydrogen) atoms. The molecule has 0 aliphatic carbocycles. The number of nitrogens with two attached hydrogens (primary N) is 1. The van der Waals surface area contributed by atoms with Crippen molar-refractivity contribution in [3.63, 3.8) is 0 Å². The molecule has 1 amide bonds. The molecule has 0 spiro atoms. The lowest BCUT2D eigenvalue weighted by Crippen LogP contribution is -2.45. The summed E-state index contributed by atoms with van der Waals surface area (Å²) in [6.07, 6.45) is 3.65. The minimum absolute atomic E-state index is 0.0154. The summed E-state index contributed by atoms with van der Waals surface area (Å²) in [5.74, 6) is 1.33. The number of rotatable bonds is 6. The Morgan fingerprint density at radius 2 is 2.06 bits per heavy atom. The number of aryl methyl sites for hydroxylation is 1. The third-order valence-electron chi connectivity index (χ3n) is 7.12. The number of ether oxygens (including phenoxy) is 2. The summed E-state index contributed by atoms with van der Waals surface area (Å²) in [5, 5.41) is 1.02. The summed E-state index contributed by atoms with van der Waals surface area (Å²) in [4.78, 5) is 24.8. The molecule has 4 aromatic rings. The van der Waals surface area contributed by atoms with Crippen LogP contribution in [0.15, 0.2) is 36.5 Å². The second-order valence-electron chi connectivity index (χ2n) is 10.2. The molecule has 1 atom stereocenters. The van der Waals surface area contributed by atoms with Crippen LogP contribution in [0.3, 0.4) is 0 Å². The number of amides is 1. The maximum absolute atomic E-state index is 13.3. The average molecular weight is 491 g/mol. The Balaban J connectivity index is 1.65. The lowest BCUT2D eigenvalue weighted by Gasteiger charge is -2.30. The average Bonchev–Trinajstić information content (AvgIpc) is 3.40. The van der Waals surface area contributed by atoms with Gasteiger partial charge in [-0.15, -0.1) is 0 Å². The van der Waals surface area contributed by atoms with Crippen molar-refractivity contribution < 1.29 is 14.3 Å². The van der Waals surface area contributed by atoms with Crippen LogP contribution in [0.2, 0.25) is 0 Å². The third kappa shape index (κ3) is 4.22. The van der Waals surface area contributed by atoms with Gasteiger partial charge in [0.1, 0.15) is 16.9 Å². The molecule has 4 heterocycles. The van der Waals surface area contributed by atoms with Crippen LogP contribution in [-0.2, 0) is 18.3 Å². The highest BCUT2D eigenvalue weighted by atomic mass is 16.5. The van der Waals surface area contributed by atoms with Gasteiger partial charge in [-0.05, 0) is 57.0 Å². The van der Waals surface area contributed by atoms with Gasteiger partial charge in [-0.3, -0.25) is 4.79 Å². The molecule has 5 rings (SSSR count). The minimum atomic E-state index is -0.407. The Bertz CT molecular complexity index is 1440. The van der Waals surface area contributed by atoms with E-state index in [4.69, 9.17) is 20.2 Å². The molecule has 1 aliphatic heterocycles. The molecule has 1 fully saturated rings. The number of carbonyl (C=O) groups excluding carboxylic acids is 1. The molecule has 1 aromatic carbocycles. The van der Waals surface area contributed by atoms with Gasteiger partial charge in [0.2, 0.25) is 0 Å². The van der Waals surface area contributed by atoms with E-state index >= 15 is 0 Å². The molecule has 2 N–H and O–H groups in total. The number of benzene rings is 1. The molecule has 1 saturated heterocycles. The number of methoxy groups -OCH3 is 2. The van der Waals surface area contributed by atoms with Gasteiger partial charge in [-0.2, -0.15) is 0 Å². The van der Waals surface area contributed by atoms with Crippen molar-refractivity contribution >= 4 is 28.0 Å². The van der Waals surface area contributed by atoms with Crippen molar-refractivity contribution in [1.82, 2.24) is 24.0 Å². The molecule has 0 bridgehead atoms. The van der Waals surface area contributed by atoms with Crippen molar-refractivity contribution in [3.8, 4) is 17.3 Å². The number of hydrogen-bond acceptors (Lipinski definition) is 6. The summed E-state index contributed by atoms with van der Waals surface area (Å²) < 4.78 is 15.6. The van der Waals surface area contributed by atoms with Gasteiger partial charge < -0.3 is 29.2 Å². The summed E-state index contributed by atoms with van der Waals surface area (Å²) in [6.45, 7) is 5.97. The van der Waals surface area contributed by atoms with Crippen LogP contribution in [0.5, 0.6) is 5.75 Å². The minimum Gasteiger partial charge on any atom is -0.494 e. The summed E-state index contributed by atoms with van der Waals surface area (Å²) in [5.41, 5.74) is 9.59. The number of fused-ring (bicyclic) bond motifs is 2. The van der Waals surface area contributed by atoms with Gasteiger partial charge in [0.25, 0.3) is 5.91 Å². The molecular formula is C27H34N6O3. The largest absolute Gasteiger partial charge is 0.494 e. The fraction of sp³-hybridized carbons (Fsp3) is 0.444. The molecule has 1 aliphatic rings. The van der Waals surface area contributed by atoms with E-state index in [1.807, 2.05) is 48.6 Å². The molecule has 1 unspecified atom stereocenters. The Hall–Kier alpha value is -3.43. The molecule has 0 radical (unpaired) electrons. The number of nitrogens with zero attached hydrogens (tertiary/aromatic N) is 5. The highest BCUT2D eigenvalue weighted by molar-refractivity contribution is 6.00. The van der Waals surface area contributed by atoms with E-state index in [2.05, 4.69) is 15.6 Å². The molecule has 9 nitrogen and oxygen atoms in total. The first-order valence-corrected chi connectivity index (χ1v) is 12.3. The van der Waals surface area contributed by atoms with Crippen LogP contribution < -0.4 is 10.5 Å². The number of pyridine rings is 1. The van der Waals surface area contributed by atoms with E-state index in [1.165, 1.54) is 0 Å². The Morgan fingerprint density at radius 1 is 1.25 bits per heavy atom. The predicted octanol–water partition coefficient (Wildman–Crippen LogP) is 3.59. The number of hydrogen-bond donors (Lipinski definition) is 1. The zero-order valence-electron chi connectivity index (χ0n) is 21.6. The van der Waals surface area contributed by atoms with Gasteiger partial charge in [0.15, 0.2) is 5.82 Å². The summed E-state index contributed by atoms with van der Waals surface area (Å²) in [7, 11) is 5.30. The lowest BCUT2D eigenvalue weighted by atomic mass is 10.0. The lowest BCUT2D eigenvalue weighted by molar-refractivity contribution is 0.00932. The molecular weight excluding hydrogens is 456 g/mol. The SMILES string of the molecule is COc1cc(C(=O)N2CCCC(N)C2)cc2nc(-c3cc4cccnc4n3CC(C)(C)OC)n(C)c12. The molecule has 190 valence electrons. The summed E-state index contributed by atoms with van der Waals surface area (Å²) >= 11 is 0. The first kappa shape index (κ1) is 24.3. The zero-order valence-corrected chi connectivity index (χ0v) is 21.6. The standard InChI is InChI=1S/C27H34N6O3/c1-27(2,36-5)16-33-21(13-17-8-6-10-29-24(17)33)25-30-20-12-18(14-22(35-4)23(20)31(25)3)26(34)32-11-7-9-19(28)15-32/h6,8,10,12-14,19H,7,9,11,15-16,28H2,1-5H3. The van der Waals surface area contributed by atoms with E-state index in [-0.39, 0.29) is 11.9 Å². The van der Waals surface area contributed by atoms with E-state index in [1.54, 1.807) is 26.5 Å². The van der Waals surface area contributed by atoms with Gasteiger partial charge in [-0.25, -0.2) is 9.97 Å². The second-order valence-corrected chi connectivity index (χ2v) is 10.2. The Labute approximate surface area is 210 Å². The Morgan fingerprint density at radius 3 is 2.78 bits per heavy atom. The van der Waals surface area contributed by atoms with Crippen LogP contribution in [0.4, 0.5) is 0 Å². The van der Waals surface area contributed by atoms with Crippen LogP contribution >= 0.6 is 0 Å². The third-order valence-corrected chi connectivity index (χ3v) is 7.12. The molecule has 0 saturated carbocycles. The van der Waals surface area contributed by atoms with E-state index < -0.39 is 5.60 Å². The van der Waals surface area contributed by atoms with Crippen molar-refractivity contribution in [2.75, 3.05) is 27.3 Å². The molecule has 9 heteroatoms. The zero-order chi connectivity index (χ0) is 25.6. The van der Waals surface area contributed by atoms with E-state index in [0.29, 0.717) is 36.5 Å². The fourth-order valence-electron chi connectivity index (χ4n) is 5.07. The predicted molar refractivity (Wildman–Crippen MR) is 140 cm³/mol. The van der Waals surface area contributed by atoms with Gasteiger partial charge in [-0.1, -0.05) is 0 Å². The number of likely N-dealkylation sites (tertiary alicyclic amines) is 1. The van der Waals surface area contributed by atoms with E-state index in [9.17, 15) is 4.79 Å². The number of aromatic nitrogens is 4. The van der Waals surface area contributed by atoms with Crippen molar-refractivity contribution in [2.45, 2.75) is 44.9 Å². The second kappa shape index (κ2) is 9.22. The Kier molecular flexibility index (Phi) is 6.22. The summed E-state index contributed by atoms with van der Waals surface area (Å²) in [6, 6.07) is 9.76. The topological polar surface area (TPSA) is 100 Å². The smallest absolute Gasteiger partial charge is 0.254 e. The van der Waals surface area contributed by atoms with Crippen molar-refractivity contribution in [2.24, 2.45) is 12.8 Å². The normalized spacial score (nSPS) is 16.7. The molecule has 3 aromatic heterocycles. The highest BCUT2D eigenvalue weighted by Crippen LogP contribution is 2.35. The number of piperidine rings is 1. The van der Waals surface area contributed by atoms with Gasteiger partial charge in [0.05, 0.1) is 30.5 Å². The van der Waals surface area contributed by atoms with Crippen LogP contribution in [0.25, 0.3) is 33.6 Å². The first-order valence-electron chi connectivity index (χ1n) is 12.3. The van der Waals surface area contributed by atoms with Gasteiger partial charge >= 0.3 is 0 Å². The fourth-order valence-corrected chi connectivity index (χ4v) is 5.07. The highest BCUT2D eigenvalue weighted by Gasteiger charge is 2.27. The maximum Gasteiger partial charge on any atom is 0.254 e. The monoisotopic (exact) mass is 490 g/mol.